The number of hydrogen-bond donors (Lipinski definition) is 0. The van der Waals surface area contributed by atoms with Gasteiger partial charge < -0.3 is 14.0 Å². The number of hydrogen-bond acceptors (Lipinski definition) is 5. The molecule has 2 aromatic heterocycles. The molecule has 0 aliphatic carbocycles. The Kier molecular flexibility index (Phi) is 9.86. The molecule has 0 spiro atoms. The molecule has 210 valence electrons. The first-order valence-electron chi connectivity index (χ1n) is 12.5. The molecule has 4 aromatic rings. The Labute approximate surface area is 275 Å². The normalized spacial score (nSPS) is 13.8. The van der Waals surface area contributed by atoms with Gasteiger partial charge in [-0.25, -0.2) is 0 Å². The van der Waals surface area contributed by atoms with Crippen molar-refractivity contribution in [3.05, 3.63) is 81.4 Å². The van der Waals surface area contributed by atoms with E-state index in [1.165, 1.54) is 29.9 Å². The molecule has 3 heterocycles. The molecule has 0 fully saturated rings. The average molecular weight is 596 g/mol. The van der Waals surface area contributed by atoms with Crippen LogP contribution >= 0.6 is 0 Å². The van der Waals surface area contributed by atoms with E-state index in [1.54, 1.807) is 31.2 Å². The van der Waals surface area contributed by atoms with Crippen LogP contribution in [0.3, 0.4) is 0 Å². The van der Waals surface area contributed by atoms with Crippen LogP contribution in [0.15, 0.2) is 53.5 Å². The van der Waals surface area contributed by atoms with Gasteiger partial charge in [-0.2, -0.15) is 13.2 Å². The second kappa shape index (κ2) is 12.3. The molecule has 0 saturated carbocycles. The summed E-state index contributed by atoms with van der Waals surface area (Å²) in [7, 11) is 1.48. The second-order valence-electron chi connectivity index (χ2n) is 10.2. The molecule has 41 heavy (non-hydrogen) atoms. The number of halogens is 4. The largest absolute Gasteiger partial charge is 1.00 e. The van der Waals surface area contributed by atoms with Gasteiger partial charge in [-0.05, 0) is 48.9 Å². The van der Waals surface area contributed by atoms with Gasteiger partial charge in [-0.3, -0.25) is 24.3 Å². The van der Waals surface area contributed by atoms with Crippen LogP contribution in [0.2, 0.25) is 0 Å². The van der Waals surface area contributed by atoms with Crippen LogP contribution in [0.1, 0.15) is 52.2 Å². The van der Waals surface area contributed by atoms with Gasteiger partial charge in [0.15, 0.2) is 0 Å². The van der Waals surface area contributed by atoms with Gasteiger partial charge in [-0.15, -0.1) is 0 Å². The SMILES string of the molecule is Cc1nccc2c1c(=O)n(C)c1cc(OC[C@H](CC(C)C)N3C(=O)c4ccccc4C3=O)c(C(F)(F)F)cc21.[F-].[K+]. The first-order valence-corrected chi connectivity index (χ1v) is 12.5. The third kappa shape index (κ3) is 5.85. The van der Waals surface area contributed by atoms with Gasteiger partial charge in [-0.1, -0.05) is 26.0 Å². The van der Waals surface area contributed by atoms with Gasteiger partial charge >= 0.3 is 57.6 Å². The number of carbonyl (C=O) groups is 2. The van der Waals surface area contributed by atoms with E-state index in [9.17, 15) is 27.6 Å². The van der Waals surface area contributed by atoms with Crippen LogP contribution in [0.5, 0.6) is 5.75 Å². The Morgan fingerprint density at radius 2 is 1.59 bits per heavy atom. The number of fused-ring (bicyclic) bond motifs is 4. The van der Waals surface area contributed by atoms with Gasteiger partial charge in [0.05, 0.1) is 39.3 Å². The molecule has 0 unspecified atom stereocenters. The van der Waals surface area contributed by atoms with Crippen molar-refractivity contribution in [3.8, 4) is 5.75 Å². The number of nitrogens with zero attached hydrogens (tertiary/aromatic N) is 3. The fourth-order valence-corrected chi connectivity index (χ4v) is 5.26. The molecule has 0 bridgehead atoms. The fourth-order valence-electron chi connectivity index (χ4n) is 5.26. The molecular weight excluding hydrogens is 569 g/mol. The maximum Gasteiger partial charge on any atom is 1.00 e. The van der Waals surface area contributed by atoms with Crippen LogP contribution < -0.4 is 66.4 Å². The van der Waals surface area contributed by atoms with E-state index in [0.29, 0.717) is 17.5 Å². The summed E-state index contributed by atoms with van der Waals surface area (Å²) >= 11 is 0. The van der Waals surface area contributed by atoms with E-state index in [0.717, 1.165) is 11.0 Å². The Hall–Kier alpha value is -2.64. The zero-order chi connectivity index (χ0) is 28.2. The number of benzene rings is 2. The van der Waals surface area contributed by atoms with E-state index < -0.39 is 40.9 Å². The molecule has 12 heteroatoms. The Morgan fingerprint density at radius 3 is 2.15 bits per heavy atom. The Morgan fingerprint density at radius 1 is 0.976 bits per heavy atom. The quantitative estimate of drug-likeness (QED) is 0.130. The summed E-state index contributed by atoms with van der Waals surface area (Å²) in [4.78, 5) is 44.5. The summed E-state index contributed by atoms with van der Waals surface area (Å²) in [5.74, 6) is -1.47. The van der Waals surface area contributed by atoms with Crippen LogP contribution in [-0.4, -0.2) is 38.9 Å². The monoisotopic (exact) mass is 595 g/mol. The summed E-state index contributed by atoms with van der Waals surface area (Å²) in [5, 5.41) is 0.842. The predicted molar refractivity (Wildman–Crippen MR) is 140 cm³/mol. The number of carbonyl (C=O) groups excluding carboxylic acids is 2. The van der Waals surface area contributed by atoms with Gasteiger partial charge in [0.2, 0.25) is 0 Å². The minimum Gasteiger partial charge on any atom is -1.00 e. The molecule has 0 saturated heterocycles. The molecule has 1 atom stereocenters. The minimum absolute atomic E-state index is 0. The van der Waals surface area contributed by atoms with Crippen molar-refractivity contribution in [2.75, 3.05) is 6.61 Å². The zero-order valence-corrected chi connectivity index (χ0v) is 26.3. The van der Waals surface area contributed by atoms with E-state index in [1.807, 2.05) is 13.8 Å². The molecule has 2 aromatic carbocycles. The number of aryl methyl sites for hydroxylation is 2. The molecule has 7 nitrogen and oxygen atoms in total. The van der Waals surface area contributed by atoms with Crippen molar-refractivity contribution in [2.45, 2.75) is 39.4 Å². The maximum atomic E-state index is 14.3. The van der Waals surface area contributed by atoms with Crippen molar-refractivity contribution >= 4 is 33.5 Å². The summed E-state index contributed by atoms with van der Waals surface area (Å²) in [5.41, 5.74) is -0.231. The smallest absolute Gasteiger partial charge is 1.00 e. The predicted octanol–water partition coefficient (Wildman–Crippen LogP) is -0.488. The Balaban J connectivity index is 0.00000231. The van der Waals surface area contributed by atoms with E-state index in [2.05, 4.69) is 4.98 Å². The van der Waals surface area contributed by atoms with Crippen molar-refractivity contribution in [3.63, 3.8) is 0 Å². The van der Waals surface area contributed by atoms with Gasteiger partial charge in [0, 0.05) is 24.7 Å². The third-order valence-corrected chi connectivity index (χ3v) is 7.08. The van der Waals surface area contributed by atoms with Crippen molar-refractivity contribution in [1.82, 2.24) is 14.5 Å². The number of ether oxygens (including phenoxy) is 1. The molecule has 1 aliphatic heterocycles. The number of rotatable bonds is 6. The maximum absolute atomic E-state index is 14.3. The van der Waals surface area contributed by atoms with E-state index >= 15 is 0 Å². The van der Waals surface area contributed by atoms with Crippen LogP contribution in [0.4, 0.5) is 13.2 Å². The molecule has 0 radical (unpaired) electrons. The molecular formula is C29H26F4KN3O4. The van der Waals surface area contributed by atoms with Crippen LogP contribution in [0, 0.1) is 12.8 Å². The van der Waals surface area contributed by atoms with Crippen molar-refractivity contribution in [1.29, 1.82) is 0 Å². The fraction of sp³-hybridized carbons (Fsp3) is 0.310. The van der Waals surface area contributed by atoms with Crippen molar-refractivity contribution in [2.24, 2.45) is 13.0 Å². The number of alkyl halides is 3. The third-order valence-electron chi connectivity index (χ3n) is 7.08. The average Bonchev–Trinajstić information content (AvgIpc) is 3.13. The number of imide groups is 1. The van der Waals surface area contributed by atoms with Crippen LogP contribution in [-0.2, 0) is 13.2 Å². The molecule has 0 N–H and O–H groups in total. The summed E-state index contributed by atoms with van der Waals surface area (Å²) in [6.07, 6.45) is -2.99. The van der Waals surface area contributed by atoms with Gasteiger partial charge in [0.25, 0.3) is 17.4 Å². The standard InChI is InChI=1S/C29H26F3N3O4.FH.K/c1-15(2)11-17(35-26(36)19-7-5-6-8-20(19)27(35)37)14-39-24-13-23-21(12-22(24)29(30,31)32)18-9-10-33-16(3)25(18)28(38)34(23)4;;/h5-10,12-13,15,17H,11,14H2,1-4H3;1H;/q;;+1/p-1/t17-;;/m0../s1. The number of amides is 2. The summed E-state index contributed by atoms with van der Waals surface area (Å²) in [6, 6.07) is 9.30. The van der Waals surface area contributed by atoms with Crippen molar-refractivity contribution < 1.29 is 83.6 Å². The number of pyridine rings is 2. The molecule has 1 aliphatic rings. The Bertz CT molecular complexity index is 1680. The summed E-state index contributed by atoms with van der Waals surface area (Å²) < 4.78 is 49.9. The van der Waals surface area contributed by atoms with E-state index in [4.69, 9.17) is 4.74 Å². The first-order chi connectivity index (χ1) is 18.4. The second-order valence-corrected chi connectivity index (χ2v) is 10.2. The van der Waals surface area contributed by atoms with E-state index in [-0.39, 0.29) is 96.0 Å². The number of aromatic nitrogens is 2. The zero-order valence-electron chi connectivity index (χ0n) is 23.2. The van der Waals surface area contributed by atoms with Gasteiger partial charge in [0.1, 0.15) is 12.4 Å². The molecule has 5 rings (SSSR count). The van der Waals surface area contributed by atoms with Crippen LogP contribution in [0.25, 0.3) is 21.7 Å². The topological polar surface area (TPSA) is 81.5 Å². The summed E-state index contributed by atoms with van der Waals surface area (Å²) in [6.45, 7) is 5.06. The first kappa shape index (κ1) is 32.9. The minimum atomic E-state index is -4.77. The molecule has 2 amide bonds.